The third-order valence-electron chi connectivity index (χ3n) is 3.25. The molecule has 1 atom stereocenters. The molecule has 1 saturated heterocycles. The molecule has 1 fully saturated rings. The summed E-state index contributed by atoms with van der Waals surface area (Å²) in [7, 11) is -2.41. The van der Waals surface area contributed by atoms with Gasteiger partial charge in [0, 0.05) is 13.6 Å². The Labute approximate surface area is 125 Å². The summed E-state index contributed by atoms with van der Waals surface area (Å²) in [6.45, 7) is 0.262. The number of halogens is 2. The van der Waals surface area contributed by atoms with E-state index in [2.05, 4.69) is 21.2 Å². The summed E-state index contributed by atoms with van der Waals surface area (Å²) in [6, 6.07) is 2.89. The molecule has 1 N–H and O–H groups in total. The van der Waals surface area contributed by atoms with E-state index in [1.165, 1.54) is 19.2 Å². The predicted molar refractivity (Wildman–Crippen MR) is 75.1 cm³/mol. The Kier molecular flexibility index (Phi) is 4.46. The minimum atomic E-state index is -3.87. The molecular weight excluding hydrogens is 351 g/mol. The van der Waals surface area contributed by atoms with Crippen molar-refractivity contribution >= 4 is 31.9 Å². The van der Waals surface area contributed by atoms with Crippen molar-refractivity contribution in [2.75, 3.05) is 13.6 Å². The van der Waals surface area contributed by atoms with Gasteiger partial charge in [-0.25, -0.2) is 12.8 Å². The molecule has 0 spiro atoms. The van der Waals surface area contributed by atoms with Crippen molar-refractivity contribution in [1.82, 2.24) is 9.62 Å². The number of sulfonamides is 1. The molecule has 1 heterocycles. The van der Waals surface area contributed by atoms with Crippen LogP contribution in [0.3, 0.4) is 0 Å². The number of likely N-dealkylation sites (N-methyl/N-ethyl adjacent to an activating group) is 1. The normalized spacial score (nSPS) is 20.1. The van der Waals surface area contributed by atoms with Crippen LogP contribution < -0.4 is 5.32 Å². The number of carbonyl (C=O) groups excluding carboxylic acids is 1. The minimum Gasteiger partial charge on any atom is -0.358 e. The van der Waals surface area contributed by atoms with E-state index in [-0.39, 0.29) is 21.8 Å². The summed E-state index contributed by atoms with van der Waals surface area (Å²) in [5, 5.41) is 2.45. The summed E-state index contributed by atoms with van der Waals surface area (Å²) < 4.78 is 39.8. The van der Waals surface area contributed by atoms with Gasteiger partial charge in [-0.2, -0.15) is 4.31 Å². The van der Waals surface area contributed by atoms with Gasteiger partial charge in [0.15, 0.2) is 0 Å². The van der Waals surface area contributed by atoms with E-state index in [1.807, 2.05) is 0 Å². The SMILES string of the molecule is CNC(=O)C1CCCN1S(=O)(=O)c1ccc(Br)c(F)c1. The Balaban J connectivity index is 2.38. The van der Waals surface area contributed by atoms with Crippen LogP contribution in [0, 0.1) is 5.82 Å². The largest absolute Gasteiger partial charge is 0.358 e. The van der Waals surface area contributed by atoms with E-state index < -0.39 is 21.9 Å². The third kappa shape index (κ3) is 2.72. The molecule has 1 aliphatic heterocycles. The third-order valence-corrected chi connectivity index (χ3v) is 5.80. The van der Waals surface area contributed by atoms with Gasteiger partial charge in [0.2, 0.25) is 15.9 Å². The van der Waals surface area contributed by atoms with Crippen LogP contribution in [0.5, 0.6) is 0 Å². The topological polar surface area (TPSA) is 66.5 Å². The number of rotatable bonds is 3. The first-order valence-corrected chi connectivity index (χ1v) is 8.29. The maximum atomic E-state index is 13.5. The molecule has 8 heteroatoms. The molecule has 1 aromatic carbocycles. The van der Waals surface area contributed by atoms with Crippen molar-refractivity contribution in [2.24, 2.45) is 0 Å². The van der Waals surface area contributed by atoms with Crippen molar-refractivity contribution in [2.45, 2.75) is 23.8 Å². The molecule has 0 bridgehead atoms. The Bertz CT molecular complexity index is 636. The average Bonchev–Trinajstić information content (AvgIpc) is 2.90. The first-order valence-electron chi connectivity index (χ1n) is 6.06. The standard InChI is InChI=1S/C12H14BrFN2O3S/c1-15-12(17)11-3-2-6-16(11)20(18,19)8-4-5-9(13)10(14)7-8/h4-5,7,11H,2-3,6H2,1H3,(H,15,17). The highest BCUT2D eigenvalue weighted by molar-refractivity contribution is 9.10. The predicted octanol–water partition coefficient (Wildman–Crippen LogP) is 1.49. The number of nitrogens with one attached hydrogen (secondary N) is 1. The van der Waals surface area contributed by atoms with Gasteiger partial charge in [-0.15, -0.1) is 0 Å². The van der Waals surface area contributed by atoms with Gasteiger partial charge in [-0.3, -0.25) is 4.79 Å². The monoisotopic (exact) mass is 364 g/mol. The maximum absolute atomic E-state index is 13.5. The fourth-order valence-corrected chi connectivity index (χ4v) is 4.14. The quantitative estimate of drug-likeness (QED) is 0.883. The van der Waals surface area contributed by atoms with Crippen molar-refractivity contribution in [3.63, 3.8) is 0 Å². The Morgan fingerprint density at radius 1 is 1.50 bits per heavy atom. The first kappa shape index (κ1) is 15.4. The second-order valence-corrected chi connectivity index (χ2v) is 7.21. The molecule has 0 radical (unpaired) electrons. The maximum Gasteiger partial charge on any atom is 0.243 e. The van der Waals surface area contributed by atoms with Crippen LogP contribution in [0.4, 0.5) is 4.39 Å². The molecule has 0 aromatic heterocycles. The van der Waals surface area contributed by atoms with Gasteiger partial charge in [0.25, 0.3) is 0 Å². The zero-order valence-electron chi connectivity index (χ0n) is 10.8. The number of carbonyl (C=O) groups is 1. The lowest BCUT2D eigenvalue weighted by atomic mass is 10.2. The van der Waals surface area contributed by atoms with Crippen LogP contribution in [0.15, 0.2) is 27.6 Å². The Hall–Kier alpha value is -0.990. The molecule has 20 heavy (non-hydrogen) atoms. The zero-order valence-corrected chi connectivity index (χ0v) is 13.2. The van der Waals surface area contributed by atoms with E-state index in [9.17, 15) is 17.6 Å². The first-order chi connectivity index (χ1) is 9.37. The lowest BCUT2D eigenvalue weighted by Gasteiger charge is -2.22. The second-order valence-electron chi connectivity index (χ2n) is 4.46. The zero-order chi connectivity index (χ0) is 14.9. The summed E-state index contributed by atoms with van der Waals surface area (Å²) in [4.78, 5) is 11.6. The van der Waals surface area contributed by atoms with Crippen LogP contribution in [0.1, 0.15) is 12.8 Å². The molecule has 1 aromatic rings. The lowest BCUT2D eigenvalue weighted by molar-refractivity contribution is -0.123. The minimum absolute atomic E-state index is 0.144. The number of hydrogen-bond acceptors (Lipinski definition) is 3. The van der Waals surface area contributed by atoms with E-state index in [0.29, 0.717) is 12.8 Å². The van der Waals surface area contributed by atoms with E-state index in [1.54, 1.807) is 0 Å². The molecule has 1 aliphatic rings. The molecule has 110 valence electrons. The molecule has 1 amide bonds. The van der Waals surface area contributed by atoms with Crippen molar-refractivity contribution < 1.29 is 17.6 Å². The number of hydrogen-bond donors (Lipinski definition) is 1. The smallest absolute Gasteiger partial charge is 0.243 e. The Morgan fingerprint density at radius 3 is 2.80 bits per heavy atom. The summed E-state index contributed by atoms with van der Waals surface area (Å²) in [5.41, 5.74) is 0. The van der Waals surface area contributed by atoms with Crippen molar-refractivity contribution in [3.8, 4) is 0 Å². The molecule has 0 aliphatic carbocycles. The van der Waals surface area contributed by atoms with Crippen LogP contribution in [0.2, 0.25) is 0 Å². The van der Waals surface area contributed by atoms with E-state index in [4.69, 9.17) is 0 Å². The fourth-order valence-electron chi connectivity index (χ4n) is 2.23. The van der Waals surface area contributed by atoms with Crippen molar-refractivity contribution in [1.29, 1.82) is 0 Å². The van der Waals surface area contributed by atoms with Gasteiger partial charge in [0.1, 0.15) is 11.9 Å². The fraction of sp³-hybridized carbons (Fsp3) is 0.417. The van der Waals surface area contributed by atoms with Gasteiger partial charge in [-0.1, -0.05) is 0 Å². The molecule has 2 rings (SSSR count). The second kappa shape index (κ2) is 5.79. The number of nitrogens with zero attached hydrogens (tertiary/aromatic N) is 1. The summed E-state index contributed by atoms with van der Waals surface area (Å²) >= 11 is 2.98. The Morgan fingerprint density at radius 2 is 2.20 bits per heavy atom. The van der Waals surface area contributed by atoms with Gasteiger partial charge in [-0.05, 0) is 47.0 Å². The highest BCUT2D eigenvalue weighted by atomic mass is 79.9. The van der Waals surface area contributed by atoms with E-state index in [0.717, 1.165) is 10.4 Å². The van der Waals surface area contributed by atoms with Crippen LogP contribution in [-0.4, -0.2) is 38.3 Å². The number of amides is 1. The van der Waals surface area contributed by atoms with Gasteiger partial charge in [0.05, 0.1) is 9.37 Å². The molecule has 0 saturated carbocycles. The lowest BCUT2D eigenvalue weighted by Crippen LogP contribution is -2.44. The average molecular weight is 365 g/mol. The van der Waals surface area contributed by atoms with Gasteiger partial charge >= 0.3 is 0 Å². The highest BCUT2D eigenvalue weighted by Gasteiger charge is 2.39. The summed E-state index contributed by atoms with van der Waals surface area (Å²) in [6.07, 6.45) is 1.08. The van der Waals surface area contributed by atoms with Crippen LogP contribution in [-0.2, 0) is 14.8 Å². The van der Waals surface area contributed by atoms with Crippen molar-refractivity contribution in [3.05, 3.63) is 28.5 Å². The van der Waals surface area contributed by atoms with Crippen LogP contribution in [0.25, 0.3) is 0 Å². The molecule has 5 nitrogen and oxygen atoms in total. The molecular formula is C12H14BrFN2O3S. The molecule has 1 unspecified atom stereocenters. The summed E-state index contributed by atoms with van der Waals surface area (Å²) in [5.74, 6) is -0.995. The van der Waals surface area contributed by atoms with Crippen LogP contribution >= 0.6 is 15.9 Å². The van der Waals surface area contributed by atoms with E-state index >= 15 is 0 Å². The number of benzene rings is 1. The highest BCUT2D eigenvalue weighted by Crippen LogP contribution is 2.28. The van der Waals surface area contributed by atoms with Gasteiger partial charge < -0.3 is 5.32 Å².